The van der Waals surface area contributed by atoms with Gasteiger partial charge in [-0.3, -0.25) is 9.69 Å². The van der Waals surface area contributed by atoms with Crippen molar-refractivity contribution < 1.29 is 4.79 Å². The van der Waals surface area contributed by atoms with Gasteiger partial charge < -0.3 is 9.88 Å². The minimum absolute atomic E-state index is 0.0761. The molecule has 2 aromatic rings. The maximum absolute atomic E-state index is 11.1. The fourth-order valence-corrected chi connectivity index (χ4v) is 3.39. The second-order valence-electron chi connectivity index (χ2n) is 6.15. The fourth-order valence-electron chi connectivity index (χ4n) is 2.50. The molecule has 0 aliphatic rings. The lowest BCUT2D eigenvalue weighted by Crippen LogP contribution is -2.20. The molecule has 0 bridgehead atoms. The lowest BCUT2D eigenvalue weighted by atomic mass is 10.2. The summed E-state index contributed by atoms with van der Waals surface area (Å²) in [5.41, 5.74) is 1.94. The zero-order valence-corrected chi connectivity index (χ0v) is 17.2. The highest BCUT2D eigenvalue weighted by Gasteiger charge is 2.14. The number of hydrogen-bond donors (Lipinski definition) is 1. The van der Waals surface area contributed by atoms with E-state index in [1.54, 1.807) is 0 Å². The summed E-state index contributed by atoms with van der Waals surface area (Å²) >= 11 is 7.36. The van der Waals surface area contributed by atoms with Gasteiger partial charge in [0.2, 0.25) is 5.91 Å². The third-order valence-corrected chi connectivity index (χ3v) is 4.95. The van der Waals surface area contributed by atoms with Crippen LogP contribution in [0.1, 0.15) is 18.3 Å². The Morgan fingerprint density at radius 3 is 2.63 bits per heavy atom. The van der Waals surface area contributed by atoms with Crippen LogP contribution in [0.4, 0.5) is 5.69 Å². The summed E-state index contributed by atoms with van der Waals surface area (Å²) in [6.45, 7) is 11.1. The Balaban J connectivity index is 2.01. The normalized spacial score (nSPS) is 10.8. The molecule has 2 rings (SSSR count). The van der Waals surface area contributed by atoms with Gasteiger partial charge in [-0.05, 0) is 24.7 Å². The number of carbonyl (C=O) groups excluding carboxylic acids is 1. The topological polar surface area (TPSA) is 63.0 Å². The van der Waals surface area contributed by atoms with Crippen LogP contribution in [0.5, 0.6) is 0 Å². The Bertz CT molecular complexity index is 803. The molecule has 0 saturated carbocycles. The molecule has 0 fully saturated rings. The van der Waals surface area contributed by atoms with Gasteiger partial charge in [0.1, 0.15) is 5.82 Å². The fraction of sp³-hybridized carbons (Fsp3) is 0.316. The van der Waals surface area contributed by atoms with Crippen LogP contribution in [0.2, 0.25) is 0 Å². The average Bonchev–Trinajstić information content (AvgIpc) is 2.96. The van der Waals surface area contributed by atoms with E-state index in [-0.39, 0.29) is 5.91 Å². The van der Waals surface area contributed by atoms with Crippen molar-refractivity contribution in [3.63, 3.8) is 0 Å². The van der Waals surface area contributed by atoms with Crippen molar-refractivity contribution in [3.8, 4) is 0 Å². The van der Waals surface area contributed by atoms with Crippen LogP contribution < -0.4 is 5.32 Å². The first-order chi connectivity index (χ1) is 12.9. The standard InChI is InChI=1S/C19H24ClN5OS/c1-5-10-25-18(22-23-19(25)27-13-14(2)20)12-24(4)11-16-6-8-17(9-7-16)21-15(3)26/h5-9H,1-2,10-13H2,3-4H3,(H,21,26). The maximum atomic E-state index is 11.1. The van der Waals surface area contributed by atoms with Gasteiger partial charge in [-0.15, -0.1) is 16.8 Å². The number of nitrogens with one attached hydrogen (secondary N) is 1. The summed E-state index contributed by atoms with van der Waals surface area (Å²) < 4.78 is 2.04. The van der Waals surface area contributed by atoms with Crippen molar-refractivity contribution >= 4 is 35.0 Å². The molecule has 0 aliphatic heterocycles. The van der Waals surface area contributed by atoms with Gasteiger partial charge in [0, 0.05) is 36.5 Å². The van der Waals surface area contributed by atoms with E-state index in [0.717, 1.165) is 28.8 Å². The van der Waals surface area contributed by atoms with Crippen molar-refractivity contribution in [3.05, 3.63) is 59.9 Å². The molecule has 8 heteroatoms. The highest BCUT2D eigenvalue weighted by Crippen LogP contribution is 2.21. The van der Waals surface area contributed by atoms with E-state index < -0.39 is 0 Å². The van der Waals surface area contributed by atoms with Gasteiger partial charge in [-0.25, -0.2) is 0 Å². The molecule has 1 amide bonds. The Kier molecular flexibility index (Phi) is 8.09. The Hall–Kier alpha value is -2.09. The maximum Gasteiger partial charge on any atom is 0.221 e. The number of thioether (sulfide) groups is 1. The highest BCUT2D eigenvalue weighted by molar-refractivity contribution is 7.99. The molecule has 0 radical (unpaired) electrons. The highest BCUT2D eigenvalue weighted by atomic mass is 35.5. The number of anilines is 1. The molecule has 27 heavy (non-hydrogen) atoms. The van der Waals surface area contributed by atoms with Gasteiger partial charge in [0.25, 0.3) is 0 Å². The molecule has 0 saturated heterocycles. The number of amides is 1. The zero-order chi connectivity index (χ0) is 19.8. The van der Waals surface area contributed by atoms with Crippen LogP contribution in [0.3, 0.4) is 0 Å². The summed E-state index contributed by atoms with van der Waals surface area (Å²) in [5, 5.41) is 12.7. The van der Waals surface area contributed by atoms with Crippen LogP contribution in [0.15, 0.2) is 53.7 Å². The van der Waals surface area contributed by atoms with Gasteiger partial charge in [-0.1, -0.05) is 48.2 Å². The van der Waals surface area contributed by atoms with E-state index in [0.29, 0.717) is 23.9 Å². The number of aromatic nitrogens is 3. The van der Waals surface area contributed by atoms with E-state index in [4.69, 9.17) is 11.6 Å². The largest absolute Gasteiger partial charge is 0.326 e. The van der Waals surface area contributed by atoms with Gasteiger partial charge in [0.05, 0.1) is 6.54 Å². The van der Waals surface area contributed by atoms with E-state index >= 15 is 0 Å². The summed E-state index contributed by atoms with van der Waals surface area (Å²) in [7, 11) is 2.03. The van der Waals surface area contributed by atoms with E-state index in [1.165, 1.54) is 18.7 Å². The molecule has 1 aromatic heterocycles. The zero-order valence-electron chi connectivity index (χ0n) is 15.6. The molecular weight excluding hydrogens is 382 g/mol. The summed E-state index contributed by atoms with van der Waals surface area (Å²) in [5.74, 6) is 1.38. The molecule has 144 valence electrons. The molecule has 1 N–H and O–H groups in total. The Morgan fingerprint density at radius 2 is 2.04 bits per heavy atom. The van der Waals surface area contributed by atoms with E-state index in [2.05, 4.69) is 33.6 Å². The Labute approximate surface area is 169 Å². The van der Waals surface area contributed by atoms with Crippen LogP contribution >= 0.6 is 23.4 Å². The van der Waals surface area contributed by atoms with Gasteiger partial charge in [0.15, 0.2) is 5.16 Å². The van der Waals surface area contributed by atoms with Gasteiger partial charge in [-0.2, -0.15) is 0 Å². The van der Waals surface area contributed by atoms with Crippen LogP contribution in [0, 0.1) is 0 Å². The third kappa shape index (κ3) is 6.86. The predicted molar refractivity (Wildman–Crippen MR) is 112 cm³/mol. The van der Waals surface area contributed by atoms with E-state index in [9.17, 15) is 4.79 Å². The number of rotatable bonds is 10. The monoisotopic (exact) mass is 405 g/mol. The molecular formula is C19H24ClN5OS. The molecule has 0 spiro atoms. The molecule has 0 unspecified atom stereocenters. The number of nitrogens with zero attached hydrogens (tertiary/aromatic N) is 4. The molecule has 0 atom stereocenters. The van der Waals surface area contributed by atoms with Crippen molar-refractivity contribution in [2.24, 2.45) is 0 Å². The number of halogens is 1. The molecule has 6 nitrogen and oxygen atoms in total. The molecule has 0 aliphatic carbocycles. The number of carbonyl (C=O) groups is 1. The summed E-state index contributed by atoms with van der Waals surface area (Å²) in [6.07, 6.45) is 1.83. The number of allylic oxidation sites excluding steroid dienone is 1. The smallest absolute Gasteiger partial charge is 0.221 e. The lowest BCUT2D eigenvalue weighted by molar-refractivity contribution is -0.114. The predicted octanol–water partition coefficient (Wildman–Crippen LogP) is 3.90. The molecule has 1 aromatic carbocycles. The summed E-state index contributed by atoms with van der Waals surface area (Å²) in [6, 6.07) is 7.81. The average molecular weight is 406 g/mol. The second-order valence-corrected chi connectivity index (χ2v) is 7.63. The van der Waals surface area contributed by atoms with Crippen molar-refractivity contribution in [2.75, 3.05) is 18.1 Å². The van der Waals surface area contributed by atoms with E-state index in [1.807, 2.05) is 42.0 Å². The first-order valence-electron chi connectivity index (χ1n) is 8.43. The second kappa shape index (κ2) is 10.3. The Morgan fingerprint density at radius 1 is 1.33 bits per heavy atom. The third-order valence-electron chi connectivity index (χ3n) is 3.60. The first kappa shape index (κ1) is 21.2. The SMILES string of the molecule is C=CCn1c(CN(C)Cc2ccc(NC(C)=O)cc2)nnc1SCC(=C)Cl. The van der Waals surface area contributed by atoms with Crippen molar-refractivity contribution in [1.29, 1.82) is 0 Å². The van der Waals surface area contributed by atoms with Crippen LogP contribution in [-0.2, 0) is 24.4 Å². The number of hydrogen-bond acceptors (Lipinski definition) is 5. The number of benzene rings is 1. The first-order valence-corrected chi connectivity index (χ1v) is 9.79. The van der Waals surface area contributed by atoms with Gasteiger partial charge >= 0.3 is 0 Å². The minimum Gasteiger partial charge on any atom is -0.326 e. The van der Waals surface area contributed by atoms with Crippen LogP contribution in [-0.4, -0.2) is 38.4 Å². The van der Waals surface area contributed by atoms with Crippen LogP contribution in [0.25, 0.3) is 0 Å². The molecule has 1 heterocycles. The lowest BCUT2D eigenvalue weighted by Gasteiger charge is -2.17. The van der Waals surface area contributed by atoms with Crippen molar-refractivity contribution in [1.82, 2.24) is 19.7 Å². The minimum atomic E-state index is -0.0761. The summed E-state index contributed by atoms with van der Waals surface area (Å²) in [4.78, 5) is 13.3. The van der Waals surface area contributed by atoms with Crippen molar-refractivity contribution in [2.45, 2.75) is 31.7 Å². The quantitative estimate of drug-likeness (QED) is 0.479.